The summed E-state index contributed by atoms with van der Waals surface area (Å²) in [6.07, 6.45) is 3.58. The molecule has 2 rings (SSSR count). The Labute approximate surface area is 90.9 Å². The molecule has 0 aliphatic heterocycles. The Hall–Kier alpha value is -1.02. The molecular formula is C13H18O2. The van der Waals surface area contributed by atoms with E-state index in [1.54, 1.807) is 6.92 Å². The molecule has 0 unspecified atom stereocenters. The summed E-state index contributed by atoms with van der Waals surface area (Å²) in [5.41, 5.74) is 0.936. The summed E-state index contributed by atoms with van der Waals surface area (Å²) in [6.45, 7) is 2.61. The first-order valence-corrected chi connectivity index (χ1v) is 5.66. The number of aliphatic hydroxyl groups is 1. The van der Waals surface area contributed by atoms with Crippen LogP contribution >= 0.6 is 0 Å². The zero-order chi connectivity index (χ0) is 10.7. The van der Waals surface area contributed by atoms with Gasteiger partial charge < -0.3 is 9.84 Å². The van der Waals surface area contributed by atoms with Crippen LogP contribution in [0.25, 0.3) is 0 Å². The van der Waals surface area contributed by atoms with Crippen molar-refractivity contribution in [1.82, 2.24) is 0 Å². The number of benzene rings is 1. The molecule has 1 fully saturated rings. The van der Waals surface area contributed by atoms with Gasteiger partial charge in [-0.15, -0.1) is 0 Å². The highest BCUT2D eigenvalue weighted by Gasteiger charge is 2.17. The lowest BCUT2D eigenvalue weighted by molar-refractivity contribution is 0.180. The normalized spacial score (nSPS) is 18.3. The molecule has 0 aromatic heterocycles. The molecule has 0 bridgehead atoms. The Bertz CT molecular complexity index is 299. The molecule has 2 nitrogen and oxygen atoms in total. The minimum Gasteiger partial charge on any atom is -0.493 e. The van der Waals surface area contributed by atoms with Crippen LogP contribution in [0.4, 0.5) is 0 Å². The molecule has 0 spiro atoms. The van der Waals surface area contributed by atoms with Crippen LogP contribution < -0.4 is 4.74 Å². The molecule has 1 aliphatic rings. The molecule has 1 aliphatic carbocycles. The van der Waals surface area contributed by atoms with E-state index in [1.165, 1.54) is 19.3 Å². The standard InChI is InChI=1S/C13H18O2/c1-10(14)12-5-7-13(8-6-12)15-9-11-3-2-4-11/h5-8,10-11,14H,2-4,9H2,1H3/t10-/m1/s1. The fourth-order valence-electron chi connectivity index (χ4n) is 1.72. The summed E-state index contributed by atoms with van der Waals surface area (Å²) in [4.78, 5) is 0. The van der Waals surface area contributed by atoms with E-state index in [-0.39, 0.29) is 0 Å². The molecule has 82 valence electrons. The van der Waals surface area contributed by atoms with E-state index in [2.05, 4.69) is 0 Å². The third kappa shape index (κ3) is 2.72. The van der Waals surface area contributed by atoms with Gasteiger partial charge in [-0.25, -0.2) is 0 Å². The van der Waals surface area contributed by atoms with E-state index < -0.39 is 6.10 Å². The third-order valence-corrected chi connectivity index (χ3v) is 3.07. The van der Waals surface area contributed by atoms with Crippen molar-refractivity contribution in [3.8, 4) is 5.75 Å². The van der Waals surface area contributed by atoms with Gasteiger partial charge in [-0.05, 0) is 43.4 Å². The molecule has 1 aromatic rings. The van der Waals surface area contributed by atoms with Crippen molar-refractivity contribution in [2.75, 3.05) is 6.61 Å². The van der Waals surface area contributed by atoms with Gasteiger partial charge in [-0.1, -0.05) is 18.6 Å². The molecule has 1 atom stereocenters. The Kier molecular flexibility index (Phi) is 3.27. The van der Waals surface area contributed by atoms with E-state index in [1.807, 2.05) is 24.3 Å². The first kappa shape index (κ1) is 10.5. The lowest BCUT2D eigenvalue weighted by atomic mass is 9.86. The second kappa shape index (κ2) is 4.67. The second-order valence-electron chi connectivity index (χ2n) is 4.35. The SMILES string of the molecule is C[C@@H](O)c1ccc(OCC2CCC2)cc1. The fraction of sp³-hybridized carbons (Fsp3) is 0.538. The van der Waals surface area contributed by atoms with Crippen LogP contribution in [-0.2, 0) is 0 Å². The summed E-state index contributed by atoms with van der Waals surface area (Å²) in [7, 11) is 0. The summed E-state index contributed by atoms with van der Waals surface area (Å²) in [6, 6.07) is 7.70. The molecule has 0 heterocycles. The number of hydrogen-bond donors (Lipinski definition) is 1. The van der Waals surface area contributed by atoms with Crippen molar-refractivity contribution >= 4 is 0 Å². The zero-order valence-corrected chi connectivity index (χ0v) is 9.15. The van der Waals surface area contributed by atoms with E-state index in [0.29, 0.717) is 0 Å². The van der Waals surface area contributed by atoms with E-state index >= 15 is 0 Å². The number of hydrogen-bond acceptors (Lipinski definition) is 2. The Morgan fingerprint density at radius 3 is 2.47 bits per heavy atom. The van der Waals surface area contributed by atoms with Gasteiger partial charge in [0.2, 0.25) is 0 Å². The quantitative estimate of drug-likeness (QED) is 0.820. The predicted octanol–water partition coefficient (Wildman–Crippen LogP) is 2.92. The molecule has 0 saturated heterocycles. The molecule has 0 amide bonds. The lowest BCUT2D eigenvalue weighted by Crippen LogP contribution is -2.19. The first-order chi connectivity index (χ1) is 7.25. The van der Waals surface area contributed by atoms with Crippen LogP contribution in [-0.4, -0.2) is 11.7 Å². The molecule has 0 radical (unpaired) electrons. The molecule has 1 aromatic carbocycles. The minimum atomic E-state index is -0.398. The van der Waals surface area contributed by atoms with Crippen molar-refractivity contribution in [2.24, 2.45) is 5.92 Å². The predicted molar refractivity (Wildman–Crippen MR) is 59.9 cm³/mol. The molecule has 1 saturated carbocycles. The van der Waals surface area contributed by atoms with Gasteiger partial charge >= 0.3 is 0 Å². The van der Waals surface area contributed by atoms with Crippen molar-refractivity contribution in [3.63, 3.8) is 0 Å². The third-order valence-electron chi connectivity index (χ3n) is 3.07. The van der Waals surface area contributed by atoms with Crippen LogP contribution in [0.1, 0.15) is 37.9 Å². The van der Waals surface area contributed by atoms with Crippen molar-refractivity contribution in [1.29, 1.82) is 0 Å². The summed E-state index contributed by atoms with van der Waals surface area (Å²) in [5.74, 6) is 1.67. The van der Waals surface area contributed by atoms with E-state index in [0.717, 1.165) is 23.8 Å². The average Bonchev–Trinajstić information content (AvgIpc) is 2.16. The summed E-state index contributed by atoms with van der Waals surface area (Å²) >= 11 is 0. The van der Waals surface area contributed by atoms with Gasteiger partial charge in [0.05, 0.1) is 12.7 Å². The maximum Gasteiger partial charge on any atom is 0.119 e. The average molecular weight is 206 g/mol. The summed E-state index contributed by atoms with van der Waals surface area (Å²) < 4.78 is 5.66. The number of aliphatic hydroxyl groups excluding tert-OH is 1. The van der Waals surface area contributed by atoms with Crippen molar-refractivity contribution in [2.45, 2.75) is 32.3 Å². The molecule has 2 heteroatoms. The lowest BCUT2D eigenvalue weighted by Gasteiger charge is -2.25. The van der Waals surface area contributed by atoms with Crippen molar-refractivity contribution in [3.05, 3.63) is 29.8 Å². The Morgan fingerprint density at radius 2 is 2.00 bits per heavy atom. The summed E-state index contributed by atoms with van der Waals surface area (Å²) in [5, 5.41) is 9.34. The van der Waals surface area contributed by atoms with Crippen molar-refractivity contribution < 1.29 is 9.84 Å². The van der Waals surface area contributed by atoms with Crippen LogP contribution in [0.2, 0.25) is 0 Å². The van der Waals surface area contributed by atoms with E-state index in [9.17, 15) is 5.11 Å². The van der Waals surface area contributed by atoms with Crippen LogP contribution in [0, 0.1) is 5.92 Å². The maximum absolute atomic E-state index is 9.34. The van der Waals surface area contributed by atoms with Gasteiger partial charge in [0.1, 0.15) is 5.75 Å². The van der Waals surface area contributed by atoms with Gasteiger partial charge in [0, 0.05) is 0 Å². The first-order valence-electron chi connectivity index (χ1n) is 5.66. The number of ether oxygens (including phenoxy) is 1. The van der Waals surface area contributed by atoms with Crippen LogP contribution in [0.5, 0.6) is 5.75 Å². The van der Waals surface area contributed by atoms with Gasteiger partial charge in [-0.3, -0.25) is 0 Å². The zero-order valence-electron chi connectivity index (χ0n) is 9.15. The van der Waals surface area contributed by atoms with Crippen LogP contribution in [0.15, 0.2) is 24.3 Å². The maximum atomic E-state index is 9.34. The minimum absolute atomic E-state index is 0.398. The largest absolute Gasteiger partial charge is 0.493 e. The highest BCUT2D eigenvalue weighted by atomic mass is 16.5. The van der Waals surface area contributed by atoms with Gasteiger partial charge in [0.25, 0.3) is 0 Å². The molecule has 1 N–H and O–H groups in total. The highest BCUT2D eigenvalue weighted by molar-refractivity contribution is 5.28. The van der Waals surface area contributed by atoms with Gasteiger partial charge in [0.15, 0.2) is 0 Å². The Morgan fingerprint density at radius 1 is 1.33 bits per heavy atom. The fourth-order valence-corrected chi connectivity index (χ4v) is 1.72. The topological polar surface area (TPSA) is 29.5 Å². The van der Waals surface area contributed by atoms with Crippen LogP contribution in [0.3, 0.4) is 0 Å². The second-order valence-corrected chi connectivity index (χ2v) is 4.35. The van der Waals surface area contributed by atoms with Gasteiger partial charge in [-0.2, -0.15) is 0 Å². The smallest absolute Gasteiger partial charge is 0.119 e. The monoisotopic (exact) mass is 206 g/mol. The highest BCUT2D eigenvalue weighted by Crippen LogP contribution is 2.27. The molecular weight excluding hydrogens is 188 g/mol. The molecule has 15 heavy (non-hydrogen) atoms. The van der Waals surface area contributed by atoms with E-state index in [4.69, 9.17) is 4.74 Å². The Balaban J connectivity index is 1.86. The number of rotatable bonds is 4.